The molecule has 0 saturated carbocycles. The lowest BCUT2D eigenvalue weighted by molar-refractivity contribution is -0.123. The fourth-order valence-corrected chi connectivity index (χ4v) is 3.18. The Kier molecular flexibility index (Phi) is 5.09. The molecule has 1 atom stereocenters. The molecule has 0 aliphatic carbocycles. The first-order valence-electron chi connectivity index (χ1n) is 8.64. The SMILES string of the molecule is Cc1cc(C)c(NC(=O)[C@H](C)OC(=O)c2ccc3c(c2)COC3)c(C)c1. The van der Waals surface area contributed by atoms with Gasteiger partial charge in [-0.3, -0.25) is 4.79 Å². The average molecular weight is 353 g/mol. The topological polar surface area (TPSA) is 64.6 Å². The third kappa shape index (κ3) is 3.78. The molecule has 0 bridgehead atoms. The number of amides is 1. The van der Waals surface area contributed by atoms with Gasteiger partial charge in [-0.25, -0.2) is 4.79 Å². The van der Waals surface area contributed by atoms with Crippen LogP contribution in [0.2, 0.25) is 0 Å². The van der Waals surface area contributed by atoms with Gasteiger partial charge in [0.2, 0.25) is 0 Å². The zero-order valence-electron chi connectivity index (χ0n) is 15.5. The first kappa shape index (κ1) is 18.1. The van der Waals surface area contributed by atoms with E-state index in [-0.39, 0.29) is 5.91 Å². The number of aryl methyl sites for hydroxylation is 3. The molecular weight excluding hydrogens is 330 g/mol. The van der Waals surface area contributed by atoms with Crippen molar-refractivity contribution in [1.82, 2.24) is 0 Å². The summed E-state index contributed by atoms with van der Waals surface area (Å²) in [5.41, 5.74) is 6.36. The number of rotatable bonds is 4. The minimum Gasteiger partial charge on any atom is -0.449 e. The zero-order valence-corrected chi connectivity index (χ0v) is 15.5. The van der Waals surface area contributed by atoms with Crippen LogP contribution in [0, 0.1) is 20.8 Å². The van der Waals surface area contributed by atoms with Crippen LogP contribution >= 0.6 is 0 Å². The molecular formula is C21H23NO4. The molecule has 5 nitrogen and oxygen atoms in total. The summed E-state index contributed by atoms with van der Waals surface area (Å²) in [7, 11) is 0. The number of fused-ring (bicyclic) bond motifs is 1. The van der Waals surface area contributed by atoms with Gasteiger partial charge in [-0.2, -0.15) is 0 Å². The van der Waals surface area contributed by atoms with Gasteiger partial charge < -0.3 is 14.8 Å². The molecule has 5 heteroatoms. The van der Waals surface area contributed by atoms with E-state index in [1.807, 2.05) is 39.0 Å². The third-order valence-corrected chi connectivity index (χ3v) is 4.54. The van der Waals surface area contributed by atoms with E-state index in [0.29, 0.717) is 18.8 Å². The molecule has 1 N–H and O–H groups in total. The molecule has 0 spiro atoms. The van der Waals surface area contributed by atoms with Gasteiger partial charge in [0.25, 0.3) is 5.91 Å². The summed E-state index contributed by atoms with van der Waals surface area (Å²) in [6, 6.07) is 9.35. The van der Waals surface area contributed by atoms with Gasteiger partial charge in [0.1, 0.15) is 0 Å². The molecule has 0 aromatic heterocycles. The van der Waals surface area contributed by atoms with E-state index in [1.54, 1.807) is 19.1 Å². The van der Waals surface area contributed by atoms with E-state index < -0.39 is 12.1 Å². The molecule has 1 aliphatic heterocycles. The summed E-state index contributed by atoms with van der Waals surface area (Å²) in [6.45, 7) is 8.54. The molecule has 1 aliphatic rings. The minimum absolute atomic E-state index is 0.349. The van der Waals surface area contributed by atoms with Gasteiger partial charge in [-0.1, -0.05) is 23.8 Å². The zero-order chi connectivity index (χ0) is 18.8. The van der Waals surface area contributed by atoms with E-state index >= 15 is 0 Å². The van der Waals surface area contributed by atoms with Crippen molar-refractivity contribution in [2.24, 2.45) is 0 Å². The molecule has 0 radical (unpaired) electrons. The lowest BCUT2D eigenvalue weighted by Crippen LogP contribution is -2.30. The van der Waals surface area contributed by atoms with Gasteiger partial charge in [-0.15, -0.1) is 0 Å². The number of hydrogen-bond donors (Lipinski definition) is 1. The maximum atomic E-state index is 12.4. The fourth-order valence-electron chi connectivity index (χ4n) is 3.18. The van der Waals surface area contributed by atoms with Crippen LogP contribution in [0.3, 0.4) is 0 Å². The van der Waals surface area contributed by atoms with E-state index in [9.17, 15) is 9.59 Å². The third-order valence-electron chi connectivity index (χ3n) is 4.54. The Morgan fingerprint density at radius 2 is 1.69 bits per heavy atom. The largest absolute Gasteiger partial charge is 0.449 e. The highest BCUT2D eigenvalue weighted by Gasteiger charge is 2.21. The van der Waals surface area contributed by atoms with Crippen LogP contribution in [0.5, 0.6) is 0 Å². The highest BCUT2D eigenvalue weighted by Crippen LogP contribution is 2.23. The van der Waals surface area contributed by atoms with Crippen LogP contribution in [0.25, 0.3) is 0 Å². The number of ether oxygens (including phenoxy) is 2. The molecule has 0 unspecified atom stereocenters. The number of anilines is 1. The van der Waals surface area contributed by atoms with E-state index in [4.69, 9.17) is 9.47 Å². The highest BCUT2D eigenvalue weighted by molar-refractivity contribution is 5.98. The fraction of sp³-hybridized carbons (Fsp3) is 0.333. The Morgan fingerprint density at radius 1 is 1.04 bits per heavy atom. The molecule has 0 saturated heterocycles. The minimum atomic E-state index is -0.896. The second kappa shape index (κ2) is 7.30. The van der Waals surface area contributed by atoms with Crippen LogP contribution in [-0.4, -0.2) is 18.0 Å². The predicted molar refractivity (Wildman–Crippen MR) is 99.1 cm³/mol. The van der Waals surface area contributed by atoms with E-state index in [1.165, 1.54) is 0 Å². The number of carbonyl (C=O) groups is 2. The second-order valence-electron chi connectivity index (χ2n) is 6.79. The number of benzene rings is 2. The van der Waals surface area contributed by atoms with Crippen molar-refractivity contribution in [1.29, 1.82) is 0 Å². The molecule has 26 heavy (non-hydrogen) atoms. The van der Waals surface area contributed by atoms with Gasteiger partial charge in [-0.05, 0) is 62.1 Å². The lowest BCUT2D eigenvalue weighted by atomic mass is 10.0. The Labute approximate surface area is 153 Å². The van der Waals surface area contributed by atoms with Crippen molar-refractivity contribution in [3.05, 3.63) is 63.7 Å². The molecule has 1 amide bonds. The smallest absolute Gasteiger partial charge is 0.338 e. The molecule has 0 fully saturated rings. The Balaban J connectivity index is 1.67. The van der Waals surface area contributed by atoms with Gasteiger partial charge in [0.15, 0.2) is 6.10 Å². The Hall–Kier alpha value is -2.66. The van der Waals surface area contributed by atoms with Crippen molar-refractivity contribution in [2.45, 2.75) is 47.0 Å². The van der Waals surface area contributed by atoms with Gasteiger partial charge >= 0.3 is 5.97 Å². The number of hydrogen-bond acceptors (Lipinski definition) is 4. The first-order chi connectivity index (χ1) is 12.3. The highest BCUT2D eigenvalue weighted by atomic mass is 16.5. The molecule has 2 aromatic rings. The average Bonchev–Trinajstić information content (AvgIpc) is 3.05. The summed E-state index contributed by atoms with van der Waals surface area (Å²) in [5, 5.41) is 2.87. The van der Waals surface area contributed by atoms with Crippen molar-refractivity contribution >= 4 is 17.6 Å². The number of carbonyl (C=O) groups excluding carboxylic acids is 2. The summed E-state index contributed by atoms with van der Waals surface area (Å²) >= 11 is 0. The van der Waals surface area contributed by atoms with Crippen LogP contribution in [0.1, 0.15) is 45.1 Å². The van der Waals surface area contributed by atoms with E-state index in [2.05, 4.69) is 5.32 Å². The quantitative estimate of drug-likeness (QED) is 0.849. The lowest BCUT2D eigenvalue weighted by Gasteiger charge is -2.17. The van der Waals surface area contributed by atoms with Crippen molar-refractivity contribution in [3.8, 4) is 0 Å². The number of esters is 1. The van der Waals surface area contributed by atoms with Crippen LogP contribution in [-0.2, 0) is 27.5 Å². The Bertz CT molecular complexity index is 849. The van der Waals surface area contributed by atoms with Crippen LogP contribution in [0.4, 0.5) is 5.69 Å². The van der Waals surface area contributed by atoms with Crippen molar-refractivity contribution in [3.63, 3.8) is 0 Å². The summed E-state index contributed by atoms with van der Waals surface area (Å²) in [4.78, 5) is 24.8. The molecule has 3 rings (SSSR count). The van der Waals surface area contributed by atoms with Gasteiger partial charge in [0.05, 0.1) is 18.8 Å². The molecule has 2 aromatic carbocycles. The van der Waals surface area contributed by atoms with Crippen molar-refractivity contribution in [2.75, 3.05) is 5.32 Å². The van der Waals surface area contributed by atoms with Crippen LogP contribution < -0.4 is 5.32 Å². The molecule has 1 heterocycles. The second-order valence-corrected chi connectivity index (χ2v) is 6.79. The van der Waals surface area contributed by atoms with E-state index in [0.717, 1.165) is 33.5 Å². The predicted octanol–water partition coefficient (Wildman–Crippen LogP) is 3.83. The maximum absolute atomic E-state index is 12.4. The summed E-state index contributed by atoms with van der Waals surface area (Å²) in [6.07, 6.45) is -0.896. The summed E-state index contributed by atoms with van der Waals surface area (Å²) < 4.78 is 10.7. The molecule has 136 valence electrons. The monoisotopic (exact) mass is 353 g/mol. The maximum Gasteiger partial charge on any atom is 0.338 e. The summed E-state index contributed by atoms with van der Waals surface area (Å²) in [5.74, 6) is -0.863. The Morgan fingerprint density at radius 3 is 2.38 bits per heavy atom. The normalized spacial score (nSPS) is 13.8. The van der Waals surface area contributed by atoms with Gasteiger partial charge in [0, 0.05) is 5.69 Å². The standard InChI is InChI=1S/C21H23NO4/c1-12-7-13(2)19(14(3)8-12)22-20(23)15(4)26-21(24)16-5-6-17-10-25-11-18(17)9-16/h5-9,15H,10-11H2,1-4H3,(H,22,23)/t15-/m0/s1. The van der Waals surface area contributed by atoms with Crippen molar-refractivity contribution < 1.29 is 19.1 Å². The van der Waals surface area contributed by atoms with Crippen LogP contribution in [0.15, 0.2) is 30.3 Å². The first-order valence-corrected chi connectivity index (χ1v) is 8.64. The number of nitrogens with one attached hydrogen (secondary N) is 1.